The molecular formula is C13H10F4N2O. The number of carbonyl (C=O) groups is 1. The molecule has 0 amide bonds. The molecular weight excluding hydrogens is 276 g/mol. The van der Waals surface area contributed by atoms with E-state index in [4.69, 9.17) is 0 Å². The summed E-state index contributed by atoms with van der Waals surface area (Å²) in [7, 11) is 0. The highest BCUT2D eigenvalue weighted by atomic mass is 19.4. The van der Waals surface area contributed by atoms with Crippen molar-refractivity contribution in [2.75, 3.05) is 0 Å². The van der Waals surface area contributed by atoms with Crippen molar-refractivity contribution in [2.45, 2.75) is 19.1 Å². The third-order valence-electron chi connectivity index (χ3n) is 2.80. The van der Waals surface area contributed by atoms with Crippen LogP contribution in [0.15, 0.2) is 36.5 Å². The summed E-state index contributed by atoms with van der Waals surface area (Å²) in [6, 6.07) is 4.68. The number of alkyl halides is 3. The number of rotatable bonds is 3. The number of Topliss-reactive ketones (excluding diaryl/α,β-unsaturated/α-hetero) is 1. The molecule has 0 aliphatic carbocycles. The average Bonchev–Trinajstić information content (AvgIpc) is 2.87. The van der Waals surface area contributed by atoms with Gasteiger partial charge in [-0.1, -0.05) is 0 Å². The molecule has 1 atom stereocenters. The first kappa shape index (κ1) is 14.2. The van der Waals surface area contributed by atoms with Crippen LogP contribution < -0.4 is 0 Å². The standard InChI is InChI=1S/C13H10F4N2O/c1-8(12(20)9-2-4-10(14)5-3-9)19-7-6-11(18-19)13(15,16)17/h2-8H,1H3. The molecule has 0 aliphatic heterocycles. The van der Waals surface area contributed by atoms with E-state index in [1.54, 1.807) is 0 Å². The fourth-order valence-electron chi connectivity index (χ4n) is 1.68. The van der Waals surface area contributed by atoms with E-state index in [1.807, 2.05) is 0 Å². The number of ketones is 1. The van der Waals surface area contributed by atoms with Gasteiger partial charge in [-0.2, -0.15) is 18.3 Å². The molecule has 0 saturated carbocycles. The van der Waals surface area contributed by atoms with Crippen LogP contribution in [0, 0.1) is 5.82 Å². The molecule has 2 aromatic rings. The second kappa shape index (κ2) is 5.07. The molecule has 1 heterocycles. The second-order valence-electron chi connectivity index (χ2n) is 4.23. The van der Waals surface area contributed by atoms with Crippen LogP contribution in [0.1, 0.15) is 29.0 Å². The van der Waals surface area contributed by atoms with E-state index in [-0.39, 0.29) is 5.56 Å². The van der Waals surface area contributed by atoms with Crippen molar-refractivity contribution in [3.8, 4) is 0 Å². The van der Waals surface area contributed by atoms with E-state index in [0.717, 1.165) is 29.1 Å². The molecule has 3 nitrogen and oxygen atoms in total. The van der Waals surface area contributed by atoms with Crippen molar-refractivity contribution in [3.63, 3.8) is 0 Å². The smallest absolute Gasteiger partial charge is 0.292 e. The fraction of sp³-hybridized carbons (Fsp3) is 0.231. The molecule has 1 aromatic carbocycles. The number of hydrogen-bond donors (Lipinski definition) is 0. The number of benzene rings is 1. The molecule has 1 aromatic heterocycles. The summed E-state index contributed by atoms with van der Waals surface area (Å²) in [5.41, 5.74) is -0.848. The van der Waals surface area contributed by atoms with Crippen LogP contribution >= 0.6 is 0 Å². The van der Waals surface area contributed by atoms with Gasteiger partial charge in [0.25, 0.3) is 0 Å². The van der Waals surface area contributed by atoms with Gasteiger partial charge in [0.15, 0.2) is 11.5 Å². The van der Waals surface area contributed by atoms with Crippen molar-refractivity contribution in [1.29, 1.82) is 0 Å². The van der Waals surface area contributed by atoms with Gasteiger partial charge < -0.3 is 0 Å². The molecule has 0 N–H and O–H groups in total. The predicted octanol–water partition coefficient (Wildman–Crippen LogP) is 3.48. The fourth-order valence-corrected chi connectivity index (χ4v) is 1.68. The highest BCUT2D eigenvalue weighted by Gasteiger charge is 2.34. The molecule has 7 heteroatoms. The molecule has 20 heavy (non-hydrogen) atoms. The predicted molar refractivity (Wildman–Crippen MR) is 62.7 cm³/mol. The van der Waals surface area contributed by atoms with E-state index in [1.165, 1.54) is 19.1 Å². The minimum Gasteiger partial charge on any atom is -0.292 e. The molecule has 2 rings (SSSR count). The number of carbonyl (C=O) groups excluding carboxylic acids is 1. The molecule has 0 bridgehead atoms. The third kappa shape index (κ3) is 2.87. The summed E-state index contributed by atoms with van der Waals surface area (Å²) >= 11 is 0. The van der Waals surface area contributed by atoms with Gasteiger partial charge in [-0.3, -0.25) is 9.48 Å². The molecule has 106 valence electrons. The van der Waals surface area contributed by atoms with Gasteiger partial charge in [-0.25, -0.2) is 4.39 Å². The van der Waals surface area contributed by atoms with Crippen LogP contribution in [0.25, 0.3) is 0 Å². The Morgan fingerprint density at radius 2 is 1.80 bits per heavy atom. The molecule has 1 unspecified atom stereocenters. The summed E-state index contributed by atoms with van der Waals surface area (Å²) in [6.07, 6.45) is -3.46. The first-order chi connectivity index (χ1) is 9.29. The number of aromatic nitrogens is 2. The Balaban J connectivity index is 2.22. The molecule has 0 spiro atoms. The van der Waals surface area contributed by atoms with Gasteiger partial charge in [0, 0.05) is 11.8 Å². The van der Waals surface area contributed by atoms with Crippen molar-refractivity contribution < 1.29 is 22.4 Å². The maximum Gasteiger partial charge on any atom is 0.435 e. The Labute approximate surface area is 111 Å². The van der Waals surface area contributed by atoms with E-state index in [0.29, 0.717) is 0 Å². The average molecular weight is 286 g/mol. The van der Waals surface area contributed by atoms with Gasteiger partial charge >= 0.3 is 6.18 Å². The lowest BCUT2D eigenvalue weighted by molar-refractivity contribution is -0.141. The summed E-state index contributed by atoms with van der Waals surface area (Å²) in [5, 5.41) is 3.34. The Hall–Kier alpha value is -2.18. The van der Waals surface area contributed by atoms with Crippen LogP contribution in [0.5, 0.6) is 0 Å². The lowest BCUT2D eigenvalue weighted by Crippen LogP contribution is -2.18. The van der Waals surface area contributed by atoms with E-state index >= 15 is 0 Å². The Morgan fingerprint density at radius 3 is 2.30 bits per heavy atom. The van der Waals surface area contributed by atoms with Crippen LogP contribution in [0.3, 0.4) is 0 Å². The zero-order valence-corrected chi connectivity index (χ0v) is 10.4. The minimum atomic E-state index is -4.55. The summed E-state index contributed by atoms with van der Waals surface area (Å²) in [6.45, 7) is 1.43. The Morgan fingerprint density at radius 1 is 1.20 bits per heavy atom. The van der Waals surface area contributed by atoms with Crippen molar-refractivity contribution in [3.05, 3.63) is 53.6 Å². The van der Waals surface area contributed by atoms with Crippen LogP contribution in [-0.2, 0) is 6.18 Å². The molecule has 0 fully saturated rings. The SMILES string of the molecule is CC(C(=O)c1ccc(F)cc1)n1ccc(C(F)(F)F)n1. The Bertz CT molecular complexity index is 616. The molecule has 0 saturated heterocycles. The second-order valence-corrected chi connectivity index (χ2v) is 4.23. The number of nitrogens with zero attached hydrogens (tertiary/aromatic N) is 2. The van der Waals surface area contributed by atoms with Gasteiger partial charge in [-0.15, -0.1) is 0 Å². The first-order valence-corrected chi connectivity index (χ1v) is 5.71. The third-order valence-corrected chi connectivity index (χ3v) is 2.80. The lowest BCUT2D eigenvalue weighted by Gasteiger charge is -2.11. The van der Waals surface area contributed by atoms with Crippen LogP contribution in [0.4, 0.5) is 17.6 Å². The summed E-state index contributed by atoms with van der Waals surface area (Å²) in [4.78, 5) is 12.1. The van der Waals surface area contributed by atoms with E-state index in [9.17, 15) is 22.4 Å². The van der Waals surface area contributed by atoms with Crippen molar-refractivity contribution in [1.82, 2.24) is 9.78 Å². The quantitative estimate of drug-likeness (QED) is 0.639. The topological polar surface area (TPSA) is 34.9 Å². The van der Waals surface area contributed by atoms with Gasteiger partial charge in [0.2, 0.25) is 0 Å². The zero-order chi connectivity index (χ0) is 14.9. The largest absolute Gasteiger partial charge is 0.435 e. The monoisotopic (exact) mass is 286 g/mol. The maximum absolute atomic E-state index is 12.8. The van der Waals surface area contributed by atoms with Gasteiger partial charge in [-0.05, 0) is 37.3 Å². The van der Waals surface area contributed by atoms with Gasteiger partial charge in [0.1, 0.15) is 11.9 Å². The van der Waals surface area contributed by atoms with Crippen molar-refractivity contribution in [2.24, 2.45) is 0 Å². The van der Waals surface area contributed by atoms with Crippen LogP contribution in [-0.4, -0.2) is 15.6 Å². The first-order valence-electron chi connectivity index (χ1n) is 5.71. The lowest BCUT2D eigenvalue weighted by atomic mass is 10.1. The van der Waals surface area contributed by atoms with Crippen molar-refractivity contribution >= 4 is 5.78 Å². The highest BCUT2D eigenvalue weighted by Crippen LogP contribution is 2.28. The molecule has 0 aliphatic rings. The number of halogens is 4. The van der Waals surface area contributed by atoms with Crippen LogP contribution in [0.2, 0.25) is 0 Å². The normalized spacial score (nSPS) is 13.2. The molecule has 0 radical (unpaired) electrons. The summed E-state index contributed by atoms with van der Waals surface area (Å²) in [5.74, 6) is -0.936. The summed E-state index contributed by atoms with van der Waals surface area (Å²) < 4.78 is 51.0. The number of hydrogen-bond acceptors (Lipinski definition) is 2. The maximum atomic E-state index is 12.8. The van der Waals surface area contributed by atoms with E-state index in [2.05, 4.69) is 5.10 Å². The van der Waals surface area contributed by atoms with Gasteiger partial charge in [0.05, 0.1) is 0 Å². The van der Waals surface area contributed by atoms with E-state index < -0.39 is 29.5 Å². The zero-order valence-electron chi connectivity index (χ0n) is 10.4. The Kier molecular flexibility index (Phi) is 3.61. The highest BCUT2D eigenvalue weighted by molar-refractivity contribution is 5.98. The minimum absolute atomic E-state index is 0.211.